The molecule has 1 fully saturated rings. The van der Waals surface area contributed by atoms with Gasteiger partial charge in [-0.05, 0) is 66.3 Å². The van der Waals surface area contributed by atoms with Crippen LogP contribution in [0.1, 0.15) is 29.8 Å². The number of nitrogens with zero attached hydrogens (tertiary/aromatic N) is 1. The zero-order chi connectivity index (χ0) is 18.7. The second-order valence-electron chi connectivity index (χ2n) is 6.61. The molecule has 0 aliphatic carbocycles. The third-order valence-corrected chi connectivity index (χ3v) is 5.28. The number of nitrogens with one attached hydrogen (secondary N) is 1. The van der Waals surface area contributed by atoms with E-state index in [2.05, 4.69) is 27.9 Å². The standard InChI is InChI=1S/C20H22FIN2O2/c1-13-11-24(12-14(2)26-13)19-8-7-15(9-17(19)21)10-23-20(25)16-5-3-4-6-18(16)22/h3-9,13-14H,10-12H2,1-2H3,(H,23,25). The van der Waals surface area contributed by atoms with Crippen LogP contribution < -0.4 is 10.2 Å². The highest BCUT2D eigenvalue weighted by atomic mass is 127. The maximum absolute atomic E-state index is 14.6. The zero-order valence-electron chi connectivity index (χ0n) is 14.8. The van der Waals surface area contributed by atoms with Crippen molar-refractivity contribution < 1.29 is 13.9 Å². The van der Waals surface area contributed by atoms with E-state index >= 15 is 0 Å². The monoisotopic (exact) mass is 468 g/mol. The first-order valence-electron chi connectivity index (χ1n) is 8.65. The molecular formula is C20H22FIN2O2. The molecule has 1 heterocycles. The Hall–Kier alpha value is -1.67. The second-order valence-corrected chi connectivity index (χ2v) is 7.77. The van der Waals surface area contributed by atoms with Crippen molar-refractivity contribution >= 4 is 34.2 Å². The number of hydrogen-bond acceptors (Lipinski definition) is 3. The lowest BCUT2D eigenvalue weighted by atomic mass is 10.1. The molecule has 2 aromatic carbocycles. The van der Waals surface area contributed by atoms with Gasteiger partial charge < -0.3 is 15.0 Å². The summed E-state index contributed by atoms with van der Waals surface area (Å²) in [5, 5.41) is 2.85. The molecule has 1 amide bonds. The fourth-order valence-corrected chi connectivity index (χ4v) is 3.85. The highest BCUT2D eigenvalue weighted by Gasteiger charge is 2.24. The van der Waals surface area contributed by atoms with Crippen molar-refractivity contribution in [3.8, 4) is 0 Å². The first-order valence-corrected chi connectivity index (χ1v) is 9.73. The first kappa shape index (κ1) is 19.1. The molecule has 3 rings (SSSR count). The van der Waals surface area contributed by atoms with Gasteiger partial charge in [-0.15, -0.1) is 0 Å². The van der Waals surface area contributed by atoms with Crippen LogP contribution in [0.25, 0.3) is 0 Å². The van der Waals surface area contributed by atoms with Gasteiger partial charge in [-0.1, -0.05) is 18.2 Å². The quantitative estimate of drug-likeness (QED) is 0.691. The van der Waals surface area contributed by atoms with Gasteiger partial charge in [0, 0.05) is 23.2 Å². The average Bonchev–Trinajstić information content (AvgIpc) is 2.59. The van der Waals surface area contributed by atoms with Crippen molar-refractivity contribution in [2.24, 2.45) is 0 Å². The summed E-state index contributed by atoms with van der Waals surface area (Å²) in [6.45, 7) is 5.62. The summed E-state index contributed by atoms with van der Waals surface area (Å²) >= 11 is 2.13. The molecule has 0 aromatic heterocycles. The Balaban J connectivity index is 1.66. The van der Waals surface area contributed by atoms with Crippen LogP contribution in [0.4, 0.5) is 10.1 Å². The fourth-order valence-electron chi connectivity index (χ4n) is 3.21. The SMILES string of the molecule is CC1CN(c2ccc(CNC(=O)c3ccccc3I)cc2F)CC(C)O1. The first-order chi connectivity index (χ1) is 12.4. The van der Waals surface area contributed by atoms with Crippen molar-refractivity contribution in [2.45, 2.75) is 32.6 Å². The van der Waals surface area contributed by atoms with E-state index in [1.165, 1.54) is 6.07 Å². The van der Waals surface area contributed by atoms with Gasteiger partial charge in [0.25, 0.3) is 5.91 Å². The van der Waals surface area contributed by atoms with E-state index < -0.39 is 0 Å². The maximum atomic E-state index is 14.6. The lowest BCUT2D eigenvalue weighted by Crippen LogP contribution is -2.45. The molecule has 2 aromatic rings. The topological polar surface area (TPSA) is 41.6 Å². The van der Waals surface area contributed by atoms with E-state index in [9.17, 15) is 9.18 Å². The van der Waals surface area contributed by atoms with Gasteiger partial charge in [-0.3, -0.25) is 4.79 Å². The minimum absolute atomic E-state index is 0.0745. The third kappa shape index (κ3) is 4.54. The number of morpholine rings is 1. The van der Waals surface area contributed by atoms with Gasteiger partial charge in [-0.2, -0.15) is 0 Å². The average molecular weight is 468 g/mol. The number of carbonyl (C=O) groups is 1. The number of ether oxygens (including phenoxy) is 1. The van der Waals surface area contributed by atoms with Crippen LogP contribution in [-0.4, -0.2) is 31.2 Å². The summed E-state index contributed by atoms with van der Waals surface area (Å²) in [5.74, 6) is -0.428. The Morgan fingerprint density at radius 3 is 2.58 bits per heavy atom. The van der Waals surface area contributed by atoms with Crippen LogP contribution in [0.5, 0.6) is 0 Å². The zero-order valence-corrected chi connectivity index (χ0v) is 17.0. The van der Waals surface area contributed by atoms with E-state index in [0.29, 0.717) is 24.3 Å². The van der Waals surface area contributed by atoms with Gasteiger partial charge in [-0.25, -0.2) is 4.39 Å². The fraction of sp³-hybridized carbons (Fsp3) is 0.350. The molecule has 2 atom stereocenters. The summed E-state index contributed by atoms with van der Waals surface area (Å²) in [6.07, 6.45) is 0.149. The Labute approximate surface area is 166 Å². The summed E-state index contributed by atoms with van der Waals surface area (Å²) < 4.78 is 21.2. The third-order valence-electron chi connectivity index (χ3n) is 4.34. The van der Waals surface area contributed by atoms with E-state index in [1.807, 2.05) is 43.0 Å². The van der Waals surface area contributed by atoms with Crippen LogP contribution in [0.3, 0.4) is 0 Å². The summed E-state index contributed by atoms with van der Waals surface area (Å²) in [4.78, 5) is 14.3. The minimum Gasteiger partial charge on any atom is -0.372 e. The predicted octanol–water partition coefficient (Wildman–Crippen LogP) is 3.97. The number of benzene rings is 2. The molecule has 1 aliphatic heterocycles. The van der Waals surface area contributed by atoms with Gasteiger partial charge >= 0.3 is 0 Å². The molecule has 0 spiro atoms. The van der Waals surface area contributed by atoms with Crippen LogP contribution in [-0.2, 0) is 11.3 Å². The van der Waals surface area contributed by atoms with Crippen LogP contribution in [0.2, 0.25) is 0 Å². The number of rotatable bonds is 4. The van der Waals surface area contributed by atoms with Gasteiger partial charge in [0.05, 0.1) is 23.5 Å². The lowest BCUT2D eigenvalue weighted by Gasteiger charge is -2.37. The van der Waals surface area contributed by atoms with Crippen LogP contribution >= 0.6 is 22.6 Å². The van der Waals surface area contributed by atoms with Crippen molar-refractivity contribution in [2.75, 3.05) is 18.0 Å². The van der Waals surface area contributed by atoms with E-state index in [1.54, 1.807) is 12.1 Å². The van der Waals surface area contributed by atoms with E-state index in [0.717, 1.165) is 9.13 Å². The highest BCUT2D eigenvalue weighted by molar-refractivity contribution is 14.1. The Kier molecular flexibility index (Phi) is 6.13. The van der Waals surface area contributed by atoms with Gasteiger partial charge in [0.15, 0.2) is 0 Å². The summed E-state index contributed by atoms with van der Waals surface area (Å²) in [7, 11) is 0. The second kappa shape index (κ2) is 8.35. The van der Waals surface area contributed by atoms with Crippen molar-refractivity contribution in [1.29, 1.82) is 0 Å². The molecule has 0 saturated carbocycles. The molecule has 1 aliphatic rings. The lowest BCUT2D eigenvalue weighted by molar-refractivity contribution is -0.00539. The highest BCUT2D eigenvalue weighted by Crippen LogP contribution is 2.24. The molecule has 138 valence electrons. The van der Waals surface area contributed by atoms with Crippen molar-refractivity contribution in [1.82, 2.24) is 5.32 Å². The van der Waals surface area contributed by atoms with Crippen LogP contribution in [0, 0.1) is 9.39 Å². The summed E-state index contributed by atoms with van der Waals surface area (Å²) in [5.41, 5.74) is 1.95. The minimum atomic E-state index is -0.271. The normalized spacial score (nSPS) is 20.1. The molecule has 1 saturated heterocycles. The van der Waals surface area contributed by atoms with Crippen molar-refractivity contribution in [3.05, 3.63) is 63.0 Å². The van der Waals surface area contributed by atoms with Gasteiger partial charge in [0.1, 0.15) is 5.82 Å². The molecule has 2 unspecified atom stereocenters. The molecule has 0 radical (unpaired) electrons. The number of halogens is 2. The molecule has 1 N–H and O–H groups in total. The Morgan fingerprint density at radius 2 is 1.92 bits per heavy atom. The van der Waals surface area contributed by atoms with Gasteiger partial charge in [0.2, 0.25) is 0 Å². The maximum Gasteiger partial charge on any atom is 0.252 e. The van der Waals surface area contributed by atoms with E-state index in [4.69, 9.17) is 4.74 Å². The van der Waals surface area contributed by atoms with Crippen molar-refractivity contribution in [3.63, 3.8) is 0 Å². The molecule has 6 heteroatoms. The number of amides is 1. The van der Waals surface area contributed by atoms with Crippen LogP contribution in [0.15, 0.2) is 42.5 Å². The summed E-state index contributed by atoms with van der Waals surface area (Å²) in [6, 6.07) is 12.5. The molecule has 0 bridgehead atoms. The number of hydrogen-bond donors (Lipinski definition) is 1. The Morgan fingerprint density at radius 1 is 1.23 bits per heavy atom. The number of anilines is 1. The molecule has 26 heavy (non-hydrogen) atoms. The number of carbonyl (C=O) groups excluding carboxylic acids is 1. The molecule has 4 nitrogen and oxygen atoms in total. The molecular weight excluding hydrogens is 446 g/mol. The Bertz CT molecular complexity index is 789. The predicted molar refractivity (Wildman–Crippen MR) is 109 cm³/mol. The smallest absolute Gasteiger partial charge is 0.252 e. The largest absolute Gasteiger partial charge is 0.372 e. The van der Waals surface area contributed by atoms with E-state index in [-0.39, 0.29) is 30.5 Å².